The summed E-state index contributed by atoms with van der Waals surface area (Å²) in [5.41, 5.74) is 0.592. The molecule has 0 fully saturated rings. The Kier molecular flexibility index (Phi) is 6.99. The topological polar surface area (TPSA) is 44.4 Å². The molecule has 0 atom stereocenters. The first kappa shape index (κ1) is 16.1. The van der Waals surface area contributed by atoms with E-state index < -0.39 is 0 Å². The Labute approximate surface area is 124 Å². The summed E-state index contributed by atoms with van der Waals surface area (Å²) >= 11 is 12.0. The van der Waals surface area contributed by atoms with Crippen LogP contribution in [-0.2, 0) is 4.79 Å². The fourth-order valence-electron chi connectivity index (χ4n) is 1.52. The van der Waals surface area contributed by atoms with Crippen molar-refractivity contribution in [3.63, 3.8) is 0 Å². The Morgan fingerprint density at radius 1 is 1.26 bits per heavy atom. The van der Waals surface area contributed by atoms with Crippen LogP contribution in [0.1, 0.15) is 6.42 Å². The highest BCUT2D eigenvalue weighted by molar-refractivity contribution is 6.39. The first-order chi connectivity index (χ1) is 9.00. The van der Waals surface area contributed by atoms with Gasteiger partial charge in [-0.2, -0.15) is 0 Å². The molecule has 19 heavy (non-hydrogen) atoms. The van der Waals surface area contributed by atoms with Crippen molar-refractivity contribution in [2.24, 2.45) is 0 Å². The van der Waals surface area contributed by atoms with Gasteiger partial charge in [-0.3, -0.25) is 4.79 Å². The molecule has 1 aromatic rings. The van der Waals surface area contributed by atoms with Crippen molar-refractivity contribution in [2.45, 2.75) is 6.42 Å². The molecular weight excluding hydrogens is 285 g/mol. The number of amides is 1. The normalized spacial score (nSPS) is 10.6. The molecule has 0 aliphatic carbocycles. The van der Waals surface area contributed by atoms with Crippen LogP contribution in [0.25, 0.3) is 0 Å². The van der Waals surface area contributed by atoms with Crippen LogP contribution in [0.5, 0.6) is 0 Å². The minimum atomic E-state index is -0.0743. The smallest absolute Gasteiger partial charge is 0.239 e. The highest BCUT2D eigenvalue weighted by Gasteiger charge is 2.06. The number of halogens is 2. The maximum atomic E-state index is 11.6. The lowest BCUT2D eigenvalue weighted by atomic mass is 10.3. The highest BCUT2D eigenvalue weighted by Crippen LogP contribution is 2.29. The van der Waals surface area contributed by atoms with Crippen LogP contribution in [0.3, 0.4) is 0 Å². The van der Waals surface area contributed by atoms with Crippen molar-refractivity contribution in [1.82, 2.24) is 10.2 Å². The van der Waals surface area contributed by atoms with E-state index in [0.29, 0.717) is 22.3 Å². The van der Waals surface area contributed by atoms with Gasteiger partial charge in [0, 0.05) is 6.54 Å². The zero-order chi connectivity index (χ0) is 14.3. The van der Waals surface area contributed by atoms with Crippen LogP contribution >= 0.6 is 23.2 Å². The van der Waals surface area contributed by atoms with Gasteiger partial charge in [-0.25, -0.2) is 0 Å². The van der Waals surface area contributed by atoms with E-state index in [1.54, 1.807) is 18.2 Å². The summed E-state index contributed by atoms with van der Waals surface area (Å²) in [4.78, 5) is 13.7. The van der Waals surface area contributed by atoms with Gasteiger partial charge in [0.1, 0.15) is 0 Å². The maximum Gasteiger partial charge on any atom is 0.239 e. The number of carbonyl (C=O) groups excluding carboxylic acids is 1. The molecule has 0 saturated carbocycles. The van der Waals surface area contributed by atoms with Crippen LogP contribution in [0.4, 0.5) is 5.69 Å². The highest BCUT2D eigenvalue weighted by atomic mass is 35.5. The van der Waals surface area contributed by atoms with Crippen molar-refractivity contribution in [2.75, 3.05) is 39.0 Å². The number of carbonyl (C=O) groups is 1. The summed E-state index contributed by atoms with van der Waals surface area (Å²) in [6, 6.07) is 5.21. The molecule has 0 unspecified atom stereocenters. The molecule has 0 spiro atoms. The maximum absolute atomic E-state index is 11.6. The summed E-state index contributed by atoms with van der Waals surface area (Å²) in [6.45, 7) is 1.77. The Bertz CT molecular complexity index is 404. The summed E-state index contributed by atoms with van der Waals surface area (Å²) in [6.07, 6.45) is 0.922. The van der Waals surface area contributed by atoms with E-state index in [2.05, 4.69) is 15.5 Å². The lowest BCUT2D eigenvalue weighted by Crippen LogP contribution is -2.32. The number of nitrogens with zero attached hydrogens (tertiary/aromatic N) is 1. The molecule has 0 radical (unpaired) electrons. The van der Waals surface area contributed by atoms with Gasteiger partial charge in [-0.15, -0.1) is 0 Å². The summed E-state index contributed by atoms with van der Waals surface area (Å²) in [5.74, 6) is -0.0743. The lowest BCUT2D eigenvalue weighted by Gasteiger charge is -2.12. The van der Waals surface area contributed by atoms with E-state index in [1.807, 2.05) is 14.1 Å². The van der Waals surface area contributed by atoms with Crippen LogP contribution in [0, 0.1) is 0 Å². The number of hydrogen-bond donors (Lipinski definition) is 2. The van der Waals surface area contributed by atoms with Crippen molar-refractivity contribution < 1.29 is 4.79 Å². The molecule has 4 nitrogen and oxygen atoms in total. The molecule has 0 saturated heterocycles. The number of para-hydroxylation sites is 1. The summed E-state index contributed by atoms with van der Waals surface area (Å²) in [5, 5.41) is 6.79. The van der Waals surface area contributed by atoms with E-state index in [-0.39, 0.29) is 12.5 Å². The van der Waals surface area contributed by atoms with Gasteiger partial charge in [-0.1, -0.05) is 29.3 Å². The summed E-state index contributed by atoms with van der Waals surface area (Å²) in [7, 11) is 4.01. The predicted molar refractivity (Wildman–Crippen MR) is 81.1 cm³/mol. The molecule has 2 N–H and O–H groups in total. The van der Waals surface area contributed by atoms with E-state index in [9.17, 15) is 4.79 Å². The van der Waals surface area contributed by atoms with Crippen LogP contribution in [0.15, 0.2) is 18.2 Å². The number of rotatable bonds is 7. The average Bonchev–Trinajstić information content (AvgIpc) is 2.34. The molecule has 1 aromatic carbocycles. The third-order valence-electron chi connectivity index (χ3n) is 2.49. The Balaban J connectivity index is 2.30. The molecule has 106 valence electrons. The van der Waals surface area contributed by atoms with Crippen LogP contribution < -0.4 is 10.6 Å². The number of anilines is 1. The van der Waals surface area contributed by atoms with Gasteiger partial charge in [0.15, 0.2) is 0 Å². The van der Waals surface area contributed by atoms with E-state index in [1.165, 1.54) is 0 Å². The lowest BCUT2D eigenvalue weighted by molar-refractivity contribution is -0.119. The molecule has 0 aliphatic rings. The fraction of sp³-hybridized carbons (Fsp3) is 0.462. The second-order valence-corrected chi connectivity index (χ2v) is 5.27. The third-order valence-corrected chi connectivity index (χ3v) is 3.12. The molecule has 0 aliphatic heterocycles. The fourth-order valence-corrected chi connectivity index (χ4v) is 2.05. The zero-order valence-electron chi connectivity index (χ0n) is 11.2. The molecule has 0 heterocycles. The first-order valence-electron chi connectivity index (χ1n) is 6.10. The molecular formula is C13H19Cl2N3O. The predicted octanol–water partition coefficient (Wildman–Crippen LogP) is 2.47. The summed E-state index contributed by atoms with van der Waals surface area (Å²) < 4.78 is 0. The second kappa shape index (κ2) is 8.25. The van der Waals surface area contributed by atoms with Gasteiger partial charge < -0.3 is 15.5 Å². The Morgan fingerprint density at radius 3 is 2.47 bits per heavy atom. The molecule has 1 amide bonds. The number of hydrogen-bond acceptors (Lipinski definition) is 3. The number of nitrogens with one attached hydrogen (secondary N) is 2. The van der Waals surface area contributed by atoms with E-state index in [0.717, 1.165) is 13.0 Å². The molecule has 0 bridgehead atoms. The second-order valence-electron chi connectivity index (χ2n) is 4.46. The van der Waals surface area contributed by atoms with Crippen molar-refractivity contribution in [3.8, 4) is 0 Å². The molecule has 0 aromatic heterocycles. The van der Waals surface area contributed by atoms with Crippen molar-refractivity contribution in [1.29, 1.82) is 0 Å². The van der Waals surface area contributed by atoms with Gasteiger partial charge in [0.05, 0.1) is 22.3 Å². The van der Waals surface area contributed by atoms with E-state index >= 15 is 0 Å². The van der Waals surface area contributed by atoms with Crippen molar-refractivity contribution in [3.05, 3.63) is 28.2 Å². The van der Waals surface area contributed by atoms with Gasteiger partial charge >= 0.3 is 0 Å². The minimum absolute atomic E-state index is 0.0743. The Morgan fingerprint density at radius 2 is 1.89 bits per heavy atom. The molecule has 6 heteroatoms. The zero-order valence-corrected chi connectivity index (χ0v) is 12.7. The average molecular weight is 304 g/mol. The van der Waals surface area contributed by atoms with Crippen LogP contribution in [-0.4, -0.2) is 44.5 Å². The van der Waals surface area contributed by atoms with E-state index in [4.69, 9.17) is 23.2 Å². The number of benzene rings is 1. The standard InChI is InChI=1S/C13H19Cl2N3O/c1-18(2)8-4-7-16-12(19)9-17-13-10(14)5-3-6-11(13)15/h3,5-6,17H,4,7-9H2,1-2H3,(H,16,19). The van der Waals surface area contributed by atoms with Crippen molar-refractivity contribution >= 4 is 34.8 Å². The van der Waals surface area contributed by atoms with Crippen LogP contribution in [0.2, 0.25) is 10.0 Å². The first-order valence-corrected chi connectivity index (χ1v) is 6.85. The van der Waals surface area contributed by atoms with Gasteiger partial charge in [-0.05, 0) is 39.2 Å². The monoisotopic (exact) mass is 303 g/mol. The van der Waals surface area contributed by atoms with Gasteiger partial charge in [0.2, 0.25) is 5.91 Å². The SMILES string of the molecule is CN(C)CCCNC(=O)CNc1c(Cl)cccc1Cl. The third kappa shape index (κ3) is 6.14. The minimum Gasteiger partial charge on any atom is -0.374 e. The quantitative estimate of drug-likeness (QED) is 0.761. The molecule has 1 rings (SSSR count). The van der Waals surface area contributed by atoms with Gasteiger partial charge in [0.25, 0.3) is 0 Å². The Hall–Kier alpha value is -0.970. The largest absolute Gasteiger partial charge is 0.374 e.